The van der Waals surface area contributed by atoms with Crippen LogP contribution in [0.5, 0.6) is 11.5 Å². The molecule has 0 unspecified atom stereocenters. The van der Waals surface area contributed by atoms with Crippen molar-refractivity contribution >= 4 is 34.6 Å². The molecule has 0 aromatic heterocycles. The highest BCUT2D eigenvalue weighted by atomic mass is 35.5. The third-order valence-corrected chi connectivity index (χ3v) is 3.96. The predicted molar refractivity (Wildman–Crippen MR) is 96.5 cm³/mol. The highest BCUT2D eigenvalue weighted by molar-refractivity contribution is 7.80. The predicted octanol–water partition coefficient (Wildman–Crippen LogP) is 4.13. The Morgan fingerprint density at radius 3 is 2.83 bits per heavy atom. The summed E-state index contributed by atoms with van der Waals surface area (Å²) < 4.78 is 24.8. The van der Waals surface area contributed by atoms with Crippen LogP contribution in [0, 0.1) is 5.82 Å². The molecule has 126 valence electrons. The van der Waals surface area contributed by atoms with Gasteiger partial charge in [0.15, 0.2) is 16.6 Å². The molecule has 0 amide bonds. The molecule has 0 fully saturated rings. The van der Waals surface area contributed by atoms with Gasteiger partial charge >= 0.3 is 0 Å². The van der Waals surface area contributed by atoms with E-state index >= 15 is 0 Å². The van der Waals surface area contributed by atoms with Crippen LogP contribution in [0.3, 0.4) is 0 Å². The largest absolute Gasteiger partial charge is 0.489 e. The summed E-state index contributed by atoms with van der Waals surface area (Å²) in [6.07, 6.45) is 0.815. The van der Waals surface area contributed by atoms with Crippen molar-refractivity contribution in [1.82, 2.24) is 5.32 Å². The highest BCUT2D eigenvalue weighted by Crippen LogP contribution is 2.37. The van der Waals surface area contributed by atoms with Crippen molar-refractivity contribution in [3.63, 3.8) is 0 Å². The van der Waals surface area contributed by atoms with Gasteiger partial charge < -0.3 is 20.1 Å². The molecule has 1 heterocycles. The van der Waals surface area contributed by atoms with Crippen LogP contribution in [0.2, 0.25) is 5.02 Å². The van der Waals surface area contributed by atoms with Crippen molar-refractivity contribution in [3.8, 4) is 11.5 Å². The molecule has 7 heteroatoms. The van der Waals surface area contributed by atoms with Crippen molar-refractivity contribution in [2.75, 3.05) is 18.5 Å². The van der Waals surface area contributed by atoms with E-state index in [-0.39, 0.29) is 5.82 Å². The Labute approximate surface area is 149 Å². The van der Waals surface area contributed by atoms with Gasteiger partial charge in [-0.05, 0) is 42.0 Å². The van der Waals surface area contributed by atoms with Crippen LogP contribution >= 0.6 is 23.8 Å². The first kappa shape index (κ1) is 16.8. The number of benzene rings is 2. The van der Waals surface area contributed by atoms with Crippen molar-refractivity contribution in [2.45, 2.75) is 13.0 Å². The summed E-state index contributed by atoms with van der Waals surface area (Å²) in [5, 5.41) is 6.67. The second-order valence-electron chi connectivity index (χ2n) is 5.24. The van der Waals surface area contributed by atoms with Crippen LogP contribution in [-0.4, -0.2) is 18.3 Å². The van der Waals surface area contributed by atoms with E-state index in [2.05, 4.69) is 10.6 Å². The maximum absolute atomic E-state index is 13.6. The number of rotatable bonds is 3. The third kappa shape index (κ3) is 4.07. The molecule has 0 saturated carbocycles. The maximum atomic E-state index is 13.6. The van der Waals surface area contributed by atoms with Crippen LogP contribution in [0.25, 0.3) is 0 Å². The molecule has 24 heavy (non-hydrogen) atoms. The molecule has 0 bridgehead atoms. The first-order valence-corrected chi connectivity index (χ1v) is 8.29. The minimum absolute atomic E-state index is 0.323. The summed E-state index contributed by atoms with van der Waals surface area (Å²) in [5.74, 6) is 0.843. The number of fused-ring (bicyclic) bond motifs is 1. The van der Waals surface area contributed by atoms with Gasteiger partial charge in [0.1, 0.15) is 5.82 Å². The van der Waals surface area contributed by atoms with Gasteiger partial charge in [0.05, 0.1) is 23.9 Å². The first-order chi connectivity index (χ1) is 11.6. The molecule has 1 aliphatic heterocycles. The standard InChI is InChI=1S/C17H16ClFN2O2S/c18-12-8-11(9-15-16(12)23-7-3-6-22-15)10-20-17(24)21-14-5-2-1-4-13(14)19/h1-2,4-5,8-9H,3,6-7,10H2,(H2,20,21,24). The maximum Gasteiger partial charge on any atom is 0.179 e. The fourth-order valence-corrected chi connectivity index (χ4v) is 2.77. The second-order valence-corrected chi connectivity index (χ2v) is 6.06. The molecular formula is C17H16ClFN2O2S. The van der Waals surface area contributed by atoms with Crippen molar-refractivity contribution < 1.29 is 13.9 Å². The van der Waals surface area contributed by atoms with Gasteiger partial charge in [-0.1, -0.05) is 23.7 Å². The number of para-hydroxylation sites is 1. The third-order valence-electron chi connectivity index (χ3n) is 3.44. The van der Waals surface area contributed by atoms with Gasteiger partial charge in [-0.25, -0.2) is 4.39 Å². The zero-order valence-electron chi connectivity index (χ0n) is 12.8. The van der Waals surface area contributed by atoms with Crippen molar-refractivity contribution in [3.05, 3.63) is 52.8 Å². The van der Waals surface area contributed by atoms with Crippen LogP contribution in [0.1, 0.15) is 12.0 Å². The highest BCUT2D eigenvalue weighted by Gasteiger charge is 2.15. The topological polar surface area (TPSA) is 42.5 Å². The minimum Gasteiger partial charge on any atom is -0.489 e. The first-order valence-electron chi connectivity index (χ1n) is 7.51. The summed E-state index contributed by atoms with van der Waals surface area (Å²) in [4.78, 5) is 0. The van der Waals surface area contributed by atoms with Crippen molar-refractivity contribution in [2.24, 2.45) is 0 Å². The molecule has 0 atom stereocenters. The van der Waals surface area contributed by atoms with Gasteiger partial charge in [-0.15, -0.1) is 0 Å². The Balaban J connectivity index is 1.64. The van der Waals surface area contributed by atoms with E-state index in [1.54, 1.807) is 24.3 Å². The summed E-state index contributed by atoms with van der Waals surface area (Å²) in [6, 6.07) is 10.0. The van der Waals surface area contributed by atoms with E-state index in [0.717, 1.165) is 12.0 Å². The zero-order valence-corrected chi connectivity index (χ0v) is 14.3. The molecule has 1 aliphatic rings. The SMILES string of the molecule is Fc1ccccc1NC(=S)NCc1cc(Cl)c2c(c1)OCCCO2. The lowest BCUT2D eigenvalue weighted by Gasteiger charge is -2.14. The number of anilines is 1. The number of ether oxygens (including phenoxy) is 2. The van der Waals surface area contributed by atoms with E-state index in [0.29, 0.717) is 47.1 Å². The van der Waals surface area contributed by atoms with E-state index in [9.17, 15) is 4.39 Å². The van der Waals surface area contributed by atoms with Crippen LogP contribution in [0.4, 0.5) is 10.1 Å². The van der Waals surface area contributed by atoms with Gasteiger partial charge in [0.2, 0.25) is 0 Å². The lowest BCUT2D eigenvalue weighted by Crippen LogP contribution is -2.28. The molecular weight excluding hydrogens is 351 g/mol. The van der Waals surface area contributed by atoms with E-state index in [1.165, 1.54) is 6.07 Å². The van der Waals surface area contributed by atoms with Crippen LogP contribution < -0.4 is 20.1 Å². The Morgan fingerprint density at radius 1 is 1.21 bits per heavy atom. The van der Waals surface area contributed by atoms with Gasteiger partial charge in [-0.2, -0.15) is 0 Å². The molecule has 2 aromatic carbocycles. The lowest BCUT2D eigenvalue weighted by atomic mass is 10.2. The Hall–Kier alpha value is -2.05. The molecule has 4 nitrogen and oxygen atoms in total. The monoisotopic (exact) mass is 366 g/mol. The number of nitrogens with one attached hydrogen (secondary N) is 2. The Bertz CT molecular complexity index is 757. The number of thiocarbonyl (C=S) groups is 1. The fraction of sp³-hybridized carbons (Fsp3) is 0.235. The molecule has 0 aliphatic carbocycles. The van der Waals surface area contributed by atoms with Gasteiger partial charge in [0.25, 0.3) is 0 Å². The van der Waals surface area contributed by atoms with E-state index < -0.39 is 0 Å². The van der Waals surface area contributed by atoms with E-state index in [4.69, 9.17) is 33.3 Å². The summed E-state index contributed by atoms with van der Waals surface area (Å²) in [5.41, 5.74) is 1.22. The average molecular weight is 367 g/mol. The normalized spacial score (nSPS) is 13.1. The van der Waals surface area contributed by atoms with Gasteiger partial charge in [-0.3, -0.25) is 0 Å². The quantitative estimate of drug-likeness (QED) is 0.800. The van der Waals surface area contributed by atoms with Crippen molar-refractivity contribution in [1.29, 1.82) is 0 Å². The minimum atomic E-state index is -0.361. The average Bonchev–Trinajstić information content (AvgIpc) is 2.81. The molecule has 0 spiro atoms. The second kappa shape index (κ2) is 7.68. The fourth-order valence-electron chi connectivity index (χ4n) is 2.30. The number of hydrogen-bond acceptors (Lipinski definition) is 3. The molecule has 0 saturated heterocycles. The van der Waals surface area contributed by atoms with E-state index in [1.807, 2.05) is 6.07 Å². The molecule has 2 N–H and O–H groups in total. The summed E-state index contributed by atoms with van der Waals surface area (Å²) in [7, 11) is 0. The van der Waals surface area contributed by atoms with Crippen LogP contribution in [0.15, 0.2) is 36.4 Å². The molecule has 3 rings (SSSR count). The zero-order chi connectivity index (χ0) is 16.9. The summed E-state index contributed by atoms with van der Waals surface area (Å²) in [6.45, 7) is 1.60. The van der Waals surface area contributed by atoms with Gasteiger partial charge in [0, 0.05) is 13.0 Å². The number of halogens is 2. The summed E-state index contributed by atoms with van der Waals surface area (Å²) >= 11 is 11.4. The lowest BCUT2D eigenvalue weighted by molar-refractivity contribution is 0.297. The molecule has 2 aromatic rings. The Morgan fingerprint density at radius 2 is 2.00 bits per heavy atom. The smallest absolute Gasteiger partial charge is 0.179 e. The Kier molecular flexibility index (Phi) is 5.37. The van der Waals surface area contributed by atoms with Crippen LogP contribution in [-0.2, 0) is 6.54 Å². The number of hydrogen-bond donors (Lipinski definition) is 2. The molecule has 0 radical (unpaired) electrons.